The van der Waals surface area contributed by atoms with Gasteiger partial charge in [0.25, 0.3) is 0 Å². The zero-order valence-electron chi connectivity index (χ0n) is 19.0. The third-order valence-corrected chi connectivity index (χ3v) is 8.65. The van der Waals surface area contributed by atoms with Crippen LogP contribution in [0.2, 0.25) is 0 Å². The Labute approximate surface area is 202 Å². The number of carbonyl (C=O) groups excluding carboxylic acids is 1. The van der Waals surface area contributed by atoms with Crippen molar-refractivity contribution in [1.29, 1.82) is 0 Å². The Morgan fingerprint density at radius 1 is 1.27 bits per heavy atom. The highest BCUT2D eigenvalue weighted by Crippen LogP contribution is 2.58. The quantitative estimate of drug-likeness (QED) is 0.341. The van der Waals surface area contributed by atoms with Gasteiger partial charge in [0.2, 0.25) is 11.2 Å². The van der Waals surface area contributed by atoms with E-state index in [1.54, 1.807) is 18.4 Å². The zero-order valence-corrected chi connectivity index (χ0v) is 22.0. The van der Waals surface area contributed by atoms with Crippen molar-refractivity contribution < 1.29 is 38.1 Å². The van der Waals surface area contributed by atoms with Gasteiger partial charge >= 0.3 is 5.97 Å². The van der Waals surface area contributed by atoms with Gasteiger partial charge in [-0.25, -0.2) is 0 Å². The second-order valence-corrected chi connectivity index (χ2v) is 10.6. The van der Waals surface area contributed by atoms with Crippen LogP contribution in [0.4, 0.5) is 0 Å². The summed E-state index contributed by atoms with van der Waals surface area (Å²) >= 11 is 1.75. The summed E-state index contributed by atoms with van der Waals surface area (Å²) in [4.78, 5) is 12.8. The summed E-state index contributed by atoms with van der Waals surface area (Å²) in [7, 11) is 3.68. The number of benzene rings is 1. The lowest BCUT2D eigenvalue weighted by molar-refractivity contribution is -0.655. The van der Waals surface area contributed by atoms with E-state index < -0.39 is 0 Å². The van der Waals surface area contributed by atoms with Crippen molar-refractivity contribution in [2.75, 3.05) is 7.11 Å². The minimum atomic E-state index is -0.386. The van der Waals surface area contributed by atoms with Crippen molar-refractivity contribution in [2.24, 2.45) is 18.4 Å². The first kappa shape index (κ1) is 23.7. The van der Waals surface area contributed by atoms with Gasteiger partial charge in [0.15, 0.2) is 0 Å². The Morgan fingerprint density at radius 2 is 2.00 bits per heavy atom. The standard InChI is InChI=1S/C25H34NO2S.HI/c1-16(2)18-12-17-8-9-22-24(3,10-7-11-25(22,4)23(27)28-6)20(17)13-19(18)21-14-29-15-26(21)5;/h12-16,22H,7-11H2,1-6H3;1H/q+1;/p-1/t22-,24-,25-;/m1./s1. The minimum absolute atomic E-state index is 0. The average molecular weight is 540 g/mol. The van der Waals surface area contributed by atoms with Gasteiger partial charge in [-0.3, -0.25) is 4.79 Å². The molecule has 5 heteroatoms. The van der Waals surface area contributed by atoms with Gasteiger partial charge in [0.05, 0.1) is 23.5 Å². The number of halogens is 1. The number of nitrogens with zero attached hydrogens (tertiary/aromatic N) is 1. The smallest absolute Gasteiger partial charge is 0.311 e. The highest BCUT2D eigenvalue weighted by atomic mass is 127. The van der Waals surface area contributed by atoms with Crippen LogP contribution >= 0.6 is 11.3 Å². The normalized spacial score (nSPS) is 27.8. The molecule has 0 aliphatic heterocycles. The fraction of sp³-hybridized carbons (Fsp3) is 0.600. The number of ether oxygens (including phenoxy) is 1. The third kappa shape index (κ3) is 3.54. The molecule has 0 N–H and O–H groups in total. The second kappa shape index (κ2) is 8.53. The van der Waals surface area contributed by atoms with Crippen LogP contribution in [0.3, 0.4) is 0 Å². The fourth-order valence-electron chi connectivity index (χ4n) is 6.29. The molecule has 0 radical (unpaired) electrons. The Bertz CT molecular complexity index is 953. The molecule has 164 valence electrons. The van der Waals surface area contributed by atoms with Crippen molar-refractivity contribution in [1.82, 2.24) is 0 Å². The number of hydrogen-bond donors (Lipinski definition) is 0. The van der Waals surface area contributed by atoms with Crippen molar-refractivity contribution in [3.05, 3.63) is 39.7 Å². The van der Waals surface area contributed by atoms with E-state index >= 15 is 0 Å². The molecule has 0 amide bonds. The van der Waals surface area contributed by atoms with Gasteiger partial charge in [-0.1, -0.05) is 44.6 Å². The molecule has 4 rings (SSSR count). The number of carbonyl (C=O) groups is 1. The van der Waals surface area contributed by atoms with Gasteiger partial charge in [-0.05, 0) is 72.6 Å². The Balaban J connectivity index is 0.00000256. The molecule has 1 saturated carbocycles. The summed E-state index contributed by atoms with van der Waals surface area (Å²) in [5.74, 6) is 0.783. The van der Waals surface area contributed by atoms with E-state index in [9.17, 15) is 4.79 Å². The highest BCUT2D eigenvalue weighted by molar-refractivity contribution is 7.07. The second-order valence-electron chi connectivity index (χ2n) is 9.88. The molecule has 3 atom stereocenters. The van der Waals surface area contributed by atoms with Crippen LogP contribution in [0, 0.1) is 11.3 Å². The fourth-order valence-corrected chi connectivity index (χ4v) is 7.07. The van der Waals surface area contributed by atoms with E-state index in [0.29, 0.717) is 11.8 Å². The van der Waals surface area contributed by atoms with Gasteiger partial charge in [0, 0.05) is 0 Å². The third-order valence-electron chi connectivity index (χ3n) is 7.85. The van der Waals surface area contributed by atoms with Crippen LogP contribution in [-0.4, -0.2) is 13.1 Å². The van der Waals surface area contributed by atoms with Gasteiger partial charge < -0.3 is 28.7 Å². The van der Waals surface area contributed by atoms with Crippen LogP contribution in [0.5, 0.6) is 0 Å². The van der Waals surface area contributed by atoms with Crippen LogP contribution in [0.25, 0.3) is 11.3 Å². The molecule has 2 aliphatic carbocycles. The Morgan fingerprint density at radius 3 is 2.60 bits per heavy atom. The highest BCUT2D eigenvalue weighted by Gasteiger charge is 2.55. The largest absolute Gasteiger partial charge is 1.00 e. The van der Waals surface area contributed by atoms with E-state index in [4.69, 9.17) is 4.74 Å². The van der Waals surface area contributed by atoms with Crippen LogP contribution in [0.1, 0.15) is 76.0 Å². The molecule has 1 fully saturated rings. The summed E-state index contributed by atoms with van der Waals surface area (Å²) in [5.41, 5.74) is 8.84. The molecule has 1 heterocycles. The van der Waals surface area contributed by atoms with Crippen molar-refractivity contribution in [3.63, 3.8) is 0 Å². The molecule has 3 nitrogen and oxygen atoms in total. The van der Waals surface area contributed by atoms with E-state index in [1.165, 1.54) is 27.9 Å². The van der Waals surface area contributed by atoms with Crippen LogP contribution in [0.15, 0.2) is 23.0 Å². The number of aryl methyl sites for hydroxylation is 2. The maximum absolute atomic E-state index is 12.8. The topological polar surface area (TPSA) is 30.2 Å². The van der Waals surface area contributed by atoms with Crippen molar-refractivity contribution in [3.8, 4) is 11.3 Å². The van der Waals surface area contributed by atoms with Gasteiger partial charge in [-0.2, -0.15) is 4.57 Å². The molecule has 30 heavy (non-hydrogen) atoms. The molecule has 2 aliphatic rings. The molecule has 2 aromatic rings. The summed E-state index contributed by atoms with van der Waals surface area (Å²) in [6.45, 7) is 9.14. The maximum Gasteiger partial charge on any atom is 0.311 e. The van der Waals surface area contributed by atoms with Gasteiger partial charge in [0.1, 0.15) is 7.05 Å². The molecule has 0 saturated heterocycles. The molecular weight excluding hydrogens is 505 g/mol. The SMILES string of the molecule is COC(=O)[C@]1(C)CCC[C@]2(C)c3cc(-c4csc[n+]4C)c(C(C)C)cc3CC[C@@H]12.[I-]. The maximum atomic E-state index is 12.8. The summed E-state index contributed by atoms with van der Waals surface area (Å²) < 4.78 is 7.52. The number of thiazole rings is 1. The number of esters is 1. The molecule has 1 aromatic carbocycles. The summed E-state index contributed by atoms with van der Waals surface area (Å²) in [6.07, 6.45) is 5.28. The lowest BCUT2D eigenvalue weighted by Crippen LogP contribution is -3.00. The van der Waals surface area contributed by atoms with E-state index in [0.717, 1.165) is 32.1 Å². The molecule has 0 spiro atoms. The number of rotatable bonds is 3. The molecule has 0 unspecified atom stereocenters. The predicted molar refractivity (Wildman–Crippen MR) is 118 cm³/mol. The molecular formula is C25H34INO2S. The van der Waals surface area contributed by atoms with E-state index in [-0.39, 0.29) is 40.8 Å². The Kier molecular flexibility index (Phi) is 6.74. The average Bonchev–Trinajstić information content (AvgIpc) is 3.12. The predicted octanol–water partition coefficient (Wildman–Crippen LogP) is 2.55. The molecule has 1 aromatic heterocycles. The van der Waals surface area contributed by atoms with Crippen LogP contribution < -0.4 is 28.5 Å². The lowest BCUT2D eigenvalue weighted by Gasteiger charge is -2.54. The first-order valence-electron chi connectivity index (χ1n) is 10.9. The zero-order chi connectivity index (χ0) is 21.0. The molecule has 0 bridgehead atoms. The summed E-state index contributed by atoms with van der Waals surface area (Å²) in [5, 5.41) is 2.26. The number of methoxy groups -OCH3 is 1. The number of aromatic nitrogens is 1. The minimum Gasteiger partial charge on any atom is -1.00 e. The first-order chi connectivity index (χ1) is 13.7. The first-order valence-corrected chi connectivity index (χ1v) is 11.8. The number of hydrogen-bond acceptors (Lipinski definition) is 3. The summed E-state index contributed by atoms with van der Waals surface area (Å²) in [6, 6.07) is 4.94. The van der Waals surface area contributed by atoms with E-state index in [1.807, 2.05) is 0 Å². The number of fused-ring (bicyclic) bond motifs is 3. The van der Waals surface area contributed by atoms with Crippen molar-refractivity contribution >= 4 is 17.3 Å². The van der Waals surface area contributed by atoms with E-state index in [2.05, 4.69) is 62.3 Å². The lowest BCUT2D eigenvalue weighted by atomic mass is 9.49. The monoisotopic (exact) mass is 539 g/mol. The van der Waals surface area contributed by atoms with Crippen LogP contribution in [-0.2, 0) is 28.4 Å². The Hall–Kier alpha value is -0.950. The van der Waals surface area contributed by atoms with Gasteiger partial charge in [-0.15, -0.1) is 0 Å². The van der Waals surface area contributed by atoms with Crippen molar-refractivity contribution in [2.45, 2.75) is 71.1 Å².